The van der Waals surface area contributed by atoms with Crippen molar-refractivity contribution in [3.8, 4) is 0 Å². The molecule has 0 aromatic rings. The Balaban J connectivity index is 1.98. The molecular formula is C13H23NO. The molecule has 2 nitrogen and oxygen atoms in total. The zero-order chi connectivity index (χ0) is 10.7. The quantitative estimate of drug-likeness (QED) is 0.684. The van der Waals surface area contributed by atoms with Crippen molar-refractivity contribution in [2.24, 2.45) is 0 Å². The van der Waals surface area contributed by atoms with Gasteiger partial charge >= 0.3 is 0 Å². The fourth-order valence-corrected chi connectivity index (χ4v) is 2.97. The molecule has 0 spiro atoms. The van der Waals surface area contributed by atoms with E-state index in [9.17, 15) is 5.11 Å². The standard InChI is InChI=1S/C13H23NO/c1-14-12-7-9-13(15,10-8-12)11-5-3-2-4-6-11/h5,12,14-15H,2-4,6-10H2,1H3. The maximum Gasteiger partial charge on any atom is 0.0857 e. The molecule has 0 atom stereocenters. The Labute approximate surface area is 92.8 Å². The molecule has 2 aliphatic rings. The summed E-state index contributed by atoms with van der Waals surface area (Å²) in [7, 11) is 2.02. The van der Waals surface area contributed by atoms with Gasteiger partial charge in [-0.15, -0.1) is 0 Å². The maximum absolute atomic E-state index is 10.6. The smallest absolute Gasteiger partial charge is 0.0857 e. The first-order valence-electron chi connectivity index (χ1n) is 6.34. The van der Waals surface area contributed by atoms with Crippen LogP contribution in [0, 0.1) is 0 Å². The van der Waals surface area contributed by atoms with Gasteiger partial charge in [0.1, 0.15) is 0 Å². The summed E-state index contributed by atoms with van der Waals surface area (Å²) in [5.74, 6) is 0. The number of allylic oxidation sites excluding steroid dienone is 1. The zero-order valence-electron chi connectivity index (χ0n) is 9.76. The van der Waals surface area contributed by atoms with Crippen LogP contribution < -0.4 is 5.32 Å². The van der Waals surface area contributed by atoms with Crippen LogP contribution in [0.2, 0.25) is 0 Å². The number of hydrogen-bond donors (Lipinski definition) is 2. The van der Waals surface area contributed by atoms with E-state index in [0.717, 1.165) is 32.1 Å². The van der Waals surface area contributed by atoms with Gasteiger partial charge < -0.3 is 10.4 Å². The van der Waals surface area contributed by atoms with Crippen molar-refractivity contribution in [2.75, 3.05) is 7.05 Å². The summed E-state index contributed by atoms with van der Waals surface area (Å²) in [5, 5.41) is 13.9. The van der Waals surface area contributed by atoms with E-state index in [-0.39, 0.29) is 0 Å². The summed E-state index contributed by atoms with van der Waals surface area (Å²) >= 11 is 0. The van der Waals surface area contributed by atoms with Gasteiger partial charge in [0.15, 0.2) is 0 Å². The van der Waals surface area contributed by atoms with Crippen molar-refractivity contribution in [1.82, 2.24) is 5.32 Å². The Kier molecular flexibility index (Phi) is 3.47. The highest BCUT2D eigenvalue weighted by atomic mass is 16.3. The zero-order valence-corrected chi connectivity index (χ0v) is 9.76. The van der Waals surface area contributed by atoms with E-state index in [2.05, 4.69) is 11.4 Å². The second-order valence-electron chi connectivity index (χ2n) is 5.07. The minimum Gasteiger partial charge on any atom is -0.386 e. The molecule has 15 heavy (non-hydrogen) atoms. The molecule has 0 amide bonds. The lowest BCUT2D eigenvalue weighted by Gasteiger charge is -2.39. The molecule has 0 bridgehead atoms. The predicted molar refractivity (Wildman–Crippen MR) is 62.8 cm³/mol. The van der Waals surface area contributed by atoms with E-state index in [4.69, 9.17) is 0 Å². The molecular weight excluding hydrogens is 186 g/mol. The number of hydrogen-bond acceptors (Lipinski definition) is 2. The molecule has 0 radical (unpaired) electrons. The second-order valence-corrected chi connectivity index (χ2v) is 5.07. The lowest BCUT2D eigenvalue weighted by molar-refractivity contribution is 0.0271. The molecule has 1 saturated carbocycles. The maximum atomic E-state index is 10.6. The average Bonchev–Trinajstić information content (AvgIpc) is 2.31. The van der Waals surface area contributed by atoms with Gasteiger partial charge in [-0.2, -0.15) is 0 Å². The van der Waals surface area contributed by atoms with Gasteiger partial charge in [-0.25, -0.2) is 0 Å². The van der Waals surface area contributed by atoms with E-state index in [1.165, 1.54) is 24.8 Å². The minimum atomic E-state index is -0.451. The topological polar surface area (TPSA) is 32.3 Å². The van der Waals surface area contributed by atoms with Crippen LogP contribution in [0.25, 0.3) is 0 Å². The molecule has 0 heterocycles. The van der Waals surface area contributed by atoms with Crippen LogP contribution in [0.4, 0.5) is 0 Å². The summed E-state index contributed by atoms with van der Waals surface area (Å²) < 4.78 is 0. The highest BCUT2D eigenvalue weighted by Gasteiger charge is 2.35. The van der Waals surface area contributed by atoms with E-state index in [0.29, 0.717) is 6.04 Å². The molecule has 2 aliphatic carbocycles. The molecule has 2 heteroatoms. The average molecular weight is 209 g/mol. The minimum absolute atomic E-state index is 0.451. The highest BCUT2D eigenvalue weighted by Crippen LogP contribution is 2.38. The van der Waals surface area contributed by atoms with Crippen molar-refractivity contribution in [3.05, 3.63) is 11.6 Å². The lowest BCUT2D eigenvalue weighted by atomic mass is 9.74. The van der Waals surface area contributed by atoms with Crippen molar-refractivity contribution < 1.29 is 5.11 Å². The van der Waals surface area contributed by atoms with E-state index in [1.54, 1.807) is 0 Å². The molecule has 1 fully saturated rings. The molecule has 0 aromatic carbocycles. The summed E-state index contributed by atoms with van der Waals surface area (Å²) in [6.07, 6.45) is 11.3. The first-order chi connectivity index (χ1) is 7.24. The number of rotatable bonds is 2. The van der Waals surface area contributed by atoms with Crippen molar-refractivity contribution in [1.29, 1.82) is 0 Å². The Bertz CT molecular complexity index is 239. The third-order valence-electron chi connectivity index (χ3n) is 4.11. The van der Waals surface area contributed by atoms with Gasteiger partial charge in [-0.3, -0.25) is 0 Å². The Hall–Kier alpha value is -0.340. The molecule has 0 unspecified atom stereocenters. The van der Waals surface area contributed by atoms with Crippen LogP contribution in [0.1, 0.15) is 51.4 Å². The fraction of sp³-hybridized carbons (Fsp3) is 0.846. The van der Waals surface area contributed by atoms with Crippen LogP contribution in [0.3, 0.4) is 0 Å². The highest BCUT2D eigenvalue weighted by molar-refractivity contribution is 5.19. The molecule has 2 rings (SSSR count). The van der Waals surface area contributed by atoms with E-state index < -0.39 is 5.60 Å². The molecule has 0 aliphatic heterocycles. The molecule has 0 aromatic heterocycles. The Morgan fingerprint density at radius 2 is 2.07 bits per heavy atom. The van der Waals surface area contributed by atoms with Crippen molar-refractivity contribution >= 4 is 0 Å². The molecule has 0 saturated heterocycles. The summed E-state index contributed by atoms with van der Waals surface area (Å²) in [6.45, 7) is 0. The van der Waals surface area contributed by atoms with Gasteiger partial charge in [0.25, 0.3) is 0 Å². The lowest BCUT2D eigenvalue weighted by Crippen LogP contribution is -2.41. The Morgan fingerprint density at radius 3 is 2.60 bits per heavy atom. The summed E-state index contributed by atoms with van der Waals surface area (Å²) in [5.41, 5.74) is 0.886. The van der Waals surface area contributed by atoms with Crippen LogP contribution in [-0.4, -0.2) is 23.8 Å². The summed E-state index contributed by atoms with van der Waals surface area (Å²) in [6, 6.07) is 0.620. The van der Waals surface area contributed by atoms with Gasteiger partial charge in [0.2, 0.25) is 0 Å². The fourth-order valence-electron chi connectivity index (χ4n) is 2.97. The normalized spacial score (nSPS) is 37.5. The second kappa shape index (κ2) is 4.67. The number of aliphatic hydroxyl groups is 1. The van der Waals surface area contributed by atoms with Gasteiger partial charge in [-0.05, 0) is 64.0 Å². The van der Waals surface area contributed by atoms with Crippen molar-refractivity contribution in [2.45, 2.75) is 63.0 Å². The van der Waals surface area contributed by atoms with Crippen molar-refractivity contribution in [3.63, 3.8) is 0 Å². The van der Waals surface area contributed by atoms with E-state index >= 15 is 0 Å². The van der Waals surface area contributed by atoms with Crippen LogP contribution >= 0.6 is 0 Å². The Morgan fingerprint density at radius 1 is 1.33 bits per heavy atom. The molecule has 2 N–H and O–H groups in total. The first-order valence-corrected chi connectivity index (χ1v) is 6.34. The van der Waals surface area contributed by atoms with Crippen LogP contribution in [-0.2, 0) is 0 Å². The monoisotopic (exact) mass is 209 g/mol. The largest absolute Gasteiger partial charge is 0.386 e. The number of nitrogens with one attached hydrogen (secondary N) is 1. The van der Waals surface area contributed by atoms with Crippen LogP contribution in [0.15, 0.2) is 11.6 Å². The third-order valence-corrected chi connectivity index (χ3v) is 4.11. The van der Waals surface area contributed by atoms with Gasteiger partial charge in [0.05, 0.1) is 5.60 Å². The van der Waals surface area contributed by atoms with Gasteiger partial charge in [0, 0.05) is 6.04 Å². The predicted octanol–water partition coefficient (Wildman–Crippen LogP) is 2.38. The third kappa shape index (κ3) is 2.43. The van der Waals surface area contributed by atoms with Crippen LogP contribution in [0.5, 0.6) is 0 Å². The summed E-state index contributed by atoms with van der Waals surface area (Å²) in [4.78, 5) is 0. The SMILES string of the molecule is CNC1CCC(O)(C2=CCCCC2)CC1. The molecule has 86 valence electrons. The first kappa shape index (κ1) is 11.2. The van der Waals surface area contributed by atoms with E-state index in [1.807, 2.05) is 7.05 Å². The van der Waals surface area contributed by atoms with Gasteiger partial charge in [-0.1, -0.05) is 6.08 Å².